The SMILES string of the molecule is CNSc1cc(C2=CCCN(C(=O)OC(C)(C)C)C2)cnc1OC. The summed E-state index contributed by atoms with van der Waals surface area (Å²) < 4.78 is 13.8. The van der Waals surface area contributed by atoms with Gasteiger partial charge in [0.05, 0.1) is 12.0 Å². The summed E-state index contributed by atoms with van der Waals surface area (Å²) >= 11 is 1.45. The van der Waals surface area contributed by atoms with E-state index in [-0.39, 0.29) is 6.09 Å². The Morgan fingerprint density at radius 1 is 1.42 bits per heavy atom. The summed E-state index contributed by atoms with van der Waals surface area (Å²) in [4.78, 5) is 19.3. The molecule has 0 fully saturated rings. The second-order valence-electron chi connectivity index (χ2n) is 6.46. The van der Waals surface area contributed by atoms with Crippen LogP contribution >= 0.6 is 11.9 Å². The number of aromatic nitrogens is 1. The van der Waals surface area contributed by atoms with Crippen LogP contribution in [0.15, 0.2) is 23.2 Å². The fraction of sp³-hybridized carbons (Fsp3) is 0.529. The van der Waals surface area contributed by atoms with Gasteiger partial charge in [0.25, 0.3) is 0 Å². The van der Waals surface area contributed by atoms with Crippen molar-refractivity contribution in [2.75, 3.05) is 27.2 Å². The molecule has 0 aliphatic carbocycles. The first kappa shape index (κ1) is 18.6. The summed E-state index contributed by atoms with van der Waals surface area (Å²) in [6.07, 6.45) is 4.45. The van der Waals surface area contributed by atoms with E-state index in [9.17, 15) is 4.79 Å². The van der Waals surface area contributed by atoms with E-state index in [4.69, 9.17) is 9.47 Å². The average Bonchev–Trinajstić information content (AvgIpc) is 2.53. The summed E-state index contributed by atoms with van der Waals surface area (Å²) in [5.41, 5.74) is 1.57. The quantitative estimate of drug-likeness (QED) is 0.840. The van der Waals surface area contributed by atoms with Crippen LogP contribution in [-0.4, -0.2) is 48.8 Å². The van der Waals surface area contributed by atoms with Crippen LogP contribution in [0.4, 0.5) is 4.79 Å². The number of ether oxygens (including phenoxy) is 2. The van der Waals surface area contributed by atoms with E-state index in [1.54, 1.807) is 18.2 Å². The van der Waals surface area contributed by atoms with Crippen molar-refractivity contribution in [3.05, 3.63) is 23.9 Å². The molecular weight excluding hydrogens is 326 g/mol. The van der Waals surface area contributed by atoms with Crippen molar-refractivity contribution in [1.29, 1.82) is 0 Å². The molecule has 0 aromatic carbocycles. The largest absolute Gasteiger partial charge is 0.480 e. The molecule has 7 heteroatoms. The van der Waals surface area contributed by atoms with Crippen molar-refractivity contribution in [3.63, 3.8) is 0 Å². The fourth-order valence-electron chi connectivity index (χ4n) is 2.38. The number of amides is 1. The number of hydrogen-bond acceptors (Lipinski definition) is 6. The lowest BCUT2D eigenvalue weighted by molar-refractivity contribution is 0.0273. The van der Waals surface area contributed by atoms with Crippen molar-refractivity contribution < 1.29 is 14.3 Å². The Balaban J connectivity index is 2.16. The van der Waals surface area contributed by atoms with Crippen LogP contribution in [0.25, 0.3) is 5.57 Å². The van der Waals surface area contributed by atoms with E-state index < -0.39 is 5.60 Å². The molecule has 0 saturated carbocycles. The summed E-state index contributed by atoms with van der Waals surface area (Å²) in [6, 6.07) is 2.03. The van der Waals surface area contributed by atoms with Crippen LogP contribution in [0.5, 0.6) is 5.88 Å². The summed E-state index contributed by atoms with van der Waals surface area (Å²) in [6.45, 7) is 6.81. The lowest BCUT2D eigenvalue weighted by Gasteiger charge is -2.30. The van der Waals surface area contributed by atoms with Crippen molar-refractivity contribution in [3.8, 4) is 5.88 Å². The predicted molar refractivity (Wildman–Crippen MR) is 96.1 cm³/mol. The number of pyridine rings is 1. The van der Waals surface area contributed by atoms with Gasteiger partial charge in [0.1, 0.15) is 5.60 Å². The molecule has 132 valence electrons. The Morgan fingerprint density at radius 3 is 2.79 bits per heavy atom. The number of carbonyl (C=O) groups is 1. The molecule has 1 aromatic rings. The summed E-state index contributed by atoms with van der Waals surface area (Å²) in [7, 11) is 3.45. The van der Waals surface area contributed by atoms with Gasteiger partial charge in [-0.2, -0.15) is 0 Å². The average molecular weight is 351 g/mol. The maximum atomic E-state index is 12.3. The van der Waals surface area contributed by atoms with E-state index in [1.807, 2.05) is 33.9 Å². The molecule has 1 amide bonds. The van der Waals surface area contributed by atoms with Gasteiger partial charge in [-0.1, -0.05) is 6.08 Å². The van der Waals surface area contributed by atoms with E-state index in [0.29, 0.717) is 19.0 Å². The van der Waals surface area contributed by atoms with Crippen molar-refractivity contribution in [2.45, 2.75) is 37.7 Å². The topological polar surface area (TPSA) is 63.7 Å². The standard InChI is InChI=1S/C17H25N3O3S/c1-17(2,3)23-16(21)20-8-6-7-12(11-20)13-9-14(24-18-4)15(22-5)19-10-13/h7,9-10,18H,6,8,11H2,1-5H3. The van der Waals surface area contributed by atoms with Crippen LogP contribution in [0, 0.1) is 0 Å². The Morgan fingerprint density at radius 2 is 2.17 bits per heavy atom. The van der Waals surface area contributed by atoms with Crippen molar-refractivity contribution in [2.24, 2.45) is 0 Å². The Bertz CT molecular complexity index is 626. The predicted octanol–water partition coefficient (Wildman–Crippen LogP) is 3.34. The molecule has 2 heterocycles. The fourth-order valence-corrected chi connectivity index (χ4v) is 3.01. The van der Waals surface area contributed by atoms with Crippen LogP contribution in [0.2, 0.25) is 0 Å². The Labute approximate surface area is 147 Å². The van der Waals surface area contributed by atoms with E-state index >= 15 is 0 Å². The third kappa shape index (κ3) is 4.88. The minimum Gasteiger partial charge on any atom is -0.480 e. The van der Waals surface area contributed by atoms with Gasteiger partial charge < -0.3 is 14.4 Å². The highest BCUT2D eigenvalue weighted by atomic mass is 32.2. The van der Waals surface area contributed by atoms with Crippen molar-refractivity contribution >= 4 is 23.6 Å². The maximum absolute atomic E-state index is 12.3. The lowest BCUT2D eigenvalue weighted by atomic mass is 10.0. The summed E-state index contributed by atoms with van der Waals surface area (Å²) in [5.74, 6) is 0.582. The molecule has 0 spiro atoms. The molecule has 2 rings (SSSR count). The highest BCUT2D eigenvalue weighted by Crippen LogP contribution is 2.30. The number of rotatable bonds is 4. The molecule has 0 bridgehead atoms. The Hall–Kier alpha value is -1.73. The molecule has 1 aliphatic heterocycles. The van der Waals surface area contributed by atoms with Crippen molar-refractivity contribution in [1.82, 2.24) is 14.6 Å². The van der Waals surface area contributed by atoms with Gasteiger partial charge in [0, 0.05) is 19.3 Å². The highest BCUT2D eigenvalue weighted by Gasteiger charge is 2.25. The molecule has 0 radical (unpaired) electrons. The maximum Gasteiger partial charge on any atom is 0.410 e. The van der Waals surface area contributed by atoms with Gasteiger partial charge in [-0.25, -0.2) is 9.78 Å². The summed E-state index contributed by atoms with van der Waals surface area (Å²) in [5, 5.41) is 0. The van der Waals surface area contributed by atoms with Gasteiger partial charge in [0.2, 0.25) is 5.88 Å². The lowest BCUT2D eigenvalue weighted by Crippen LogP contribution is -2.39. The van der Waals surface area contributed by atoms with Gasteiger partial charge in [0.15, 0.2) is 0 Å². The van der Waals surface area contributed by atoms with E-state index in [2.05, 4.69) is 15.8 Å². The first-order valence-electron chi connectivity index (χ1n) is 7.89. The zero-order valence-corrected chi connectivity index (χ0v) is 15.7. The second-order valence-corrected chi connectivity index (χ2v) is 7.51. The third-order valence-electron chi connectivity index (χ3n) is 3.40. The number of nitrogens with zero attached hydrogens (tertiary/aromatic N) is 2. The molecule has 1 N–H and O–H groups in total. The zero-order chi connectivity index (χ0) is 17.7. The second kappa shape index (κ2) is 7.90. The molecule has 1 aromatic heterocycles. The number of nitrogens with one attached hydrogen (secondary N) is 1. The van der Waals surface area contributed by atoms with Crippen LogP contribution < -0.4 is 9.46 Å². The van der Waals surface area contributed by atoms with Gasteiger partial charge >= 0.3 is 6.09 Å². The smallest absolute Gasteiger partial charge is 0.410 e. The normalized spacial score (nSPS) is 15.0. The van der Waals surface area contributed by atoms with E-state index in [0.717, 1.165) is 22.5 Å². The van der Waals surface area contributed by atoms with Gasteiger partial charge in [-0.3, -0.25) is 4.72 Å². The first-order chi connectivity index (χ1) is 11.3. The molecule has 1 aliphatic rings. The Kier molecular flexibility index (Phi) is 6.12. The monoisotopic (exact) mass is 351 g/mol. The molecule has 6 nitrogen and oxygen atoms in total. The van der Waals surface area contributed by atoms with E-state index in [1.165, 1.54) is 11.9 Å². The number of methoxy groups -OCH3 is 1. The molecule has 0 atom stereocenters. The molecule has 0 saturated heterocycles. The third-order valence-corrected chi connectivity index (χ3v) is 4.11. The molecule has 24 heavy (non-hydrogen) atoms. The van der Waals surface area contributed by atoms with Crippen LogP contribution in [-0.2, 0) is 4.74 Å². The zero-order valence-electron chi connectivity index (χ0n) is 14.9. The molecule has 0 unspecified atom stereocenters. The van der Waals surface area contributed by atoms with Crippen LogP contribution in [0.3, 0.4) is 0 Å². The minimum atomic E-state index is -0.489. The molecular formula is C17H25N3O3S. The van der Waals surface area contributed by atoms with Crippen LogP contribution in [0.1, 0.15) is 32.8 Å². The number of hydrogen-bond donors (Lipinski definition) is 1. The van der Waals surface area contributed by atoms with Gasteiger partial charge in [-0.05, 0) is 63.4 Å². The first-order valence-corrected chi connectivity index (χ1v) is 8.70. The van der Waals surface area contributed by atoms with Gasteiger partial charge in [-0.15, -0.1) is 0 Å². The minimum absolute atomic E-state index is 0.278. The highest BCUT2D eigenvalue weighted by molar-refractivity contribution is 7.97. The number of carbonyl (C=O) groups excluding carboxylic acids is 1.